The van der Waals surface area contributed by atoms with Gasteiger partial charge in [0.05, 0.1) is 0 Å². The number of rotatable bonds is 5. The van der Waals surface area contributed by atoms with Crippen LogP contribution in [0.2, 0.25) is 0 Å². The van der Waals surface area contributed by atoms with E-state index in [0.717, 1.165) is 37.2 Å². The number of hydrogen-bond acceptors (Lipinski definition) is 3. The van der Waals surface area contributed by atoms with E-state index in [2.05, 4.69) is 23.3 Å². The van der Waals surface area contributed by atoms with Crippen molar-refractivity contribution in [3.05, 3.63) is 36.1 Å². The highest BCUT2D eigenvalue weighted by Crippen LogP contribution is 2.24. The lowest BCUT2D eigenvalue weighted by molar-refractivity contribution is 0.0779. The zero-order valence-corrected chi connectivity index (χ0v) is 14.3. The summed E-state index contributed by atoms with van der Waals surface area (Å²) >= 11 is 0. The Labute approximate surface area is 136 Å². The van der Waals surface area contributed by atoms with Gasteiger partial charge in [-0.15, -0.1) is 0 Å². The van der Waals surface area contributed by atoms with Crippen LogP contribution in [0.1, 0.15) is 39.5 Å². The van der Waals surface area contributed by atoms with E-state index < -0.39 is 0 Å². The topological polar surface area (TPSA) is 26.7 Å². The molecule has 2 saturated heterocycles. The summed E-state index contributed by atoms with van der Waals surface area (Å²) in [4.78, 5) is 5.19. The van der Waals surface area contributed by atoms with E-state index >= 15 is 0 Å². The minimum Gasteiger partial charge on any atom is -0.508 e. The molecule has 124 valence electrons. The summed E-state index contributed by atoms with van der Waals surface area (Å²) in [6.07, 6.45) is 10.5. The van der Waals surface area contributed by atoms with Gasteiger partial charge in [-0.25, -0.2) is 0 Å². The molecule has 2 fully saturated rings. The lowest BCUT2D eigenvalue weighted by atomic mass is 9.95. The van der Waals surface area contributed by atoms with Gasteiger partial charge in [-0.05, 0) is 69.8 Å². The number of likely N-dealkylation sites (tertiary alicyclic amines) is 2. The first-order valence-corrected chi connectivity index (χ1v) is 8.74. The summed E-state index contributed by atoms with van der Waals surface area (Å²) in [6, 6.07) is 0.776. The number of piperidine rings is 2. The molecule has 0 aromatic heterocycles. The molecule has 1 unspecified atom stereocenters. The monoisotopic (exact) mass is 304 g/mol. The van der Waals surface area contributed by atoms with Crippen LogP contribution in [0.15, 0.2) is 36.1 Å². The van der Waals surface area contributed by atoms with E-state index in [4.69, 9.17) is 0 Å². The van der Waals surface area contributed by atoms with Crippen LogP contribution < -0.4 is 0 Å². The zero-order valence-electron chi connectivity index (χ0n) is 14.3. The molecule has 0 spiro atoms. The number of aliphatic hydroxyl groups excluding tert-OH is 1. The van der Waals surface area contributed by atoms with Crippen molar-refractivity contribution in [2.24, 2.45) is 5.92 Å². The van der Waals surface area contributed by atoms with Crippen LogP contribution in [0.3, 0.4) is 0 Å². The number of hydrogen-bond donors (Lipinski definition) is 1. The summed E-state index contributed by atoms with van der Waals surface area (Å²) in [6.45, 7) is 13.8. The molecule has 2 rings (SSSR count). The van der Waals surface area contributed by atoms with Crippen molar-refractivity contribution in [2.75, 3.05) is 32.7 Å². The van der Waals surface area contributed by atoms with Crippen LogP contribution in [0.4, 0.5) is 0 Å². The molecule has 2 aliphatic rings. The van der Waals surface area contributed by atoms with Crippen molar-refractivity contribution < 1.29 is 5.11 Å². The summed E-state index contributed by atoms with van der Waals surface area (Å²) in [5, 5.41) is 9.97. The highest BCUT2D eigenvalue weighted by atomic mass is 16.3. The van der Waals surface area contributed by atoms with Gasteiger partial charge in [-0.3, -0.25) is 4.90 Å². The second-order valence-corrected chi connectivity index (χ2v) is 7.01. The molecule has 1 atom stereocenters. The molecule has 0 radical (unpaired) electrons. The molecule has 3 nitrogen and oxygen atoms in total. The molecule has 22 heavy (non-hydrogen) atoms. The van der Waals surface area contributed by atoms with Gasteiger partial charge >= 0.3 is 0 Å². The van der Waals surface area contributed by atoms with Gasteiger partial charge in [0.15, 0.2) is 0 Å². The third-order valence-corrected chi connectivity index (χ3v) is 5.05. The Balaban J connectivity index is 1.79. The molecule has 0 saturated carbocycles. The minimum atomic E-state index is 0.381. The van der Waals surface area contributed by atoms with Crippen molar-refractivity contribution in [3.8, 4) is 0 Å². The van der Waals surface area contributed by atoms with Crippen LogP contribution >= 0.6 is 0 Å². The lowest BCUT2D eigenvalue weighted by Crippen LogP contribution is -2.48. The van der Waals surface area contributed by atoms with E-state index in [9.17, 15) is 5.11 Å². The van der Waals surface area contributed by atoms with E-state index in [1.165, 1.54) is 38.8 Å². The second-order valence-electron chi connectivity index (χ2n) is 7.01. The maximum absolute atomic E-state index is 9.97. The Bertz CT molecular complexity index is 419. The largest absolute Gasteiger partial charge is 0.508 e. The normalized spacial score (nSPS) is 27.1. The molecule has 0 aliphatic carbocycles. The molecule has 0 amide bonds. The first kappa shape index (κ1) is 17.3. The summed E-state index contributed by atoms with van der Waals surface area (Å²) < 4.78 is 0. The van der Waals surface area contributed by atoms with Crippen LogP contribution in [-0.2, 0) is 0 Å². The average Bonchev–Trinajstić information content (AvgIpc) is 2.53. The smallest absolute Gasteiger partial charge is 0.115 e. The maximum atomic E-state index is 9.97. The fourth-order valence-electron chi connectivity index (χ4n) is 3.72. The molecule has 2 heterocycles. The Kier molecular flexibility index (Phi) is 6.71. The van der Waals surface area contributed by atoms with Gasteiger partial charge in [-0.2, -0.15) is 0 Å². The Morgan fingerprint density at radius 1 is 1.23 bits per heavy atom. The molecular weight excluding hydrogens is 272 g/mol. The summed E-state index contributed by atoms with van der Waals surface area (Å²) in [5.41, 5.74) is 1.04. The van der Waals surface area contributed by atoms with Gasteiger partial charge in [0.25, 0.3) is 0 Å². The Morgan fingerprint density at radius 2 is 1.95 bits per heavy atom. The van der Waals surface area contributed by atoms with E-state index in [-0.39, 0.29) is 0 Å². The summed E-state index contributed by atoms with van der Waals surface area (Å²) in [7, 11) is 0. The van der Waals surface area contributed by atoms with E-state index in [0.29, 0.717) is 5.76 Å². The molecule has 0 aromatic rings. The Hall–Kier alpha value is -1.06. The third kappa shape index (κ3) is 4.99. The minimum absolute atomic E-state index is 0.381. The van der Waals surface area contributed by atoms with Crippen molar-refractivity contribution in [2.45, 2.75) is 45.6 Å². The predicted molar refractivity (Wildman–Crippen MR) is 94.1 cm³/mol. The first-order valence-electron chi connectivity index (χ1n) is 8.74. The van der Waals surface area contributed by atoms with Gasteiger partial charge in [-0.1, -0.05) is 25.7 Å². The number of nitrogens with zero attached hydrogens (tertiary/aromatic N) is 2. The third-order valence-electron chi connectivity index (χ3n) is 5.05. The molecule has 0 aromatic carbocycles. The second kappa shape index (κ2) is 8.54. The SMILES string of the molecule is C=C/C=C\C(O)=C(/C)CN1CCC(N2CCCC(C)C2)CC1. The van der Waals surface area contributed by atoms with Gasteiger partial charge in [0.1, 0.15) is 5.76 Å². The number of aliphatic hydroxyl groups is 1. The van der Waals surface area contributed by atoms with Gasteiger partial charge in [0, 0.05) is 19.1 Å². The molecule has 1 N–H and O–H groups in total. The standard InChI is InChI=1S/C19H32N2O/c1-4-5-8-19(22)17(3)15-20-12-9-18(10-13-20)21-11-6-7-16(2)14-21/h4-5,8,16,18,22H,1,6-7,9-15H2,2-3H3/b8-5-,19-17-. The van der Waals surface area contributed by atoms with Crippen LogP contribution in [0.25, 0.3) is 0 Å². The fraction of sp³-hybridized carbons (Fsp3) is 0.684. The molecule has 2 aliphatic heterocycles. The highest BCUT2D eigenvalue weighted by Gasteiger charge is 2.27. The summed E-state index contributed by atoms with van der Waals surface area (Å²) in [5.74, 6) is 1.25. The molecular formula is C19H32N2O. The van der Waals surface area contributed by atoms with Crippen molar-refractivity contribution >= 4 is 0 Å². The van der Waals surface area contributed by atoms with Gasteiger partial charge in [0.2, 0.25) is 0 Å². The van der Waals surface area contributed by atoms with Gasteiger partial charge < -0.3 is 10.0 Å². The first-order chi connectivity index (χ1) is 10.6. The quantitative estimate of drug-likeness (QED) is 0.619. The van der Waals surface area contributed by atoms with E-state index in [1.54, 1.807) is 18.2 Å². The van der Waals surface area contributed by atoms with Crippen molar-refractivity contribution in [3.63, 3.8) is 0 Å². The Morgan fingerprint density at radius 3 is 2.59 bits per heavy atom. The van der Waals surface area contributed by atoms with E-state index in [1.807, 2.05) is 6.92 Å². The average molecular weight is 304 g/mol. The zero-order chi connectivity index (χ0) is 15.9. The molecule has 3 heteroatoms. The lowest BCUT2D eigenvalue weighted by Gasteiger charge is -2.41. The van der Waals surface area contributed by atoms with Crippen molar-refractivity contribution in [1.29, 1.82) is 0 Å². The fourth-order valence-corrected chi connectivity index (χ4v) is 3.72. The van der Waals surface area contributed by atoms with Crippen LogP contribution in [-0.4, -0.2) is 53.7 Å². The maximum Gasteiger partial charge on any atom is 0.115 e. The predicted octanol–water partition coefficient (Wildman–Crippen LogP) is 3.76. The highest BCUT2D eigenvalue weighted by molar-refractivity contribution is 5.21. The van der Waals surface area contributed by atoms with Crippen LogP contribution in [0, 0.1) is 5.92 Å². The van der Waals surface area contributed by atoms with Crippen molar-refractivity contribution in [1.82, 2.24) is 9.80 Å². The number of allylic oxidation sites excluding steroid dienone is 3. The molecule has 0 bridgehead atoms. The van der Waals surface area contributed by atoms with Crippen LogP contribution in [0.5, 0.6) is 0 Å².